The summed E-state index contributed by atoms with van der Waals surface area (Å²) < 4.78 is 56.6. The summed E-state index contributed by atoms with van der Waals surface area (Å²) in [6, 6.07) is 4.12. The van der Waals surface area contributed by atoms with Crippen molar-refractivity contribution in [2.24, 2.45) is 23.2 Å². The predicted octanol–water partition coefficient (Wildman–Crippen LogP) is 4.59. The Labute approximate surface area is 237 Å². The van der Waals surface area contributed by atoms with Gasteiger partial charge in [0.05, 0.1) is 34.0 Å². The van der Waals surface area contributed by atoms with Crippen LogP contribution in [0.2, 0.25) is 0 Å². The molecule has 1 saturated heterocycles. The monoisotopic (exact) mass is 623 g/mol. The van der Waals surface area contributed by atoms with Crippen molar-refractivity contribution < 1.29 is 46.5 Å². The second-order valence-corrected chi connectivity index (χ2v) is 12.3. The fourth-order valence-corrected chi connectivity index (χ4v) is 6.92. The third-order valence-electron chi connectivity index (χ3n) is 9.05. The summed E-state index contributed by atoms with van der Waals surface area (Å²) in [6.07, 6.45) is 0.324. The molecule has 7 nitrogen and oxygen atoms in total. The lowest BCUT2D eigenvalue weighted by molar-refractivity contribution is -0.947. The van der Waals surface area contributed by atoms with Gasteiger partial charge in [-0.25, -0.2) is 0 Å². The van der Waals surface area contributed by atoms with E-state index in [9.17, 15) is 13.2 Å². The first kappa shape index (κ1) is 32.0. The highest BCUT2D eigenvalue weighted by Gasteiger charge is 2.53. The van der Waals surface area contributed by atoms with Crippen LogP contribution in [-0.2, 0) is 20.8 Å². The molecule has 1 aliphatic heterocycles. The molecule has 1 aromatic carbocycles. The van der Waals surface area contributed by atoms with Crippen molar-refractivity contribution in [1.82, 2.24) is 0 Å². The number of morpholine rings is 1. The number of ether oxygens (including phenoxy) is 4. The van der Waals surface area contributed by atoms with Crippen LogP contribution in [-0.4, -0.2) is 76.9 Å². The molecule has 39 heavy (non-hydrogen) atoms. The lowest BCUT2D eigenvalue weighted by Gasteiger charge is -2.60. The highest BCUT2D eigenvalue weighted by molar-refractivity contribution is 9.10. The average molecular weight is 625 g/mol. The van der Waals surface area contributed by atoms with E-state index in [-0.39, 0.29) is 0 Å². The van der Waals surface area contributed by atoms with Crippen LogP contribution in [0.4, 0.5) is 13.2 Å². The Morgan fingerprint density at radius 1 is 1.13 bits per heavy atom. The first-order chi connectivity index (χ1) is 18.3. The van der Waals surface area contributed by atoms with Crippen LogP contribution in [0.25, 0.3) is 0 Å². The quantitative estimate of drug-likeness (QED) is 0.280. The van der Waals surface area contributed by atoms with Crippen molar-refractivity contribution in [3.8, 4) is 11.5 Å². The zero-order valence-electron chi connectivity index (χ0n) is 23.3. The van der Waals surface area contributed by atoms with Gasteiger partial charge in [0.25, 0.3) is 0 Å². The van der Waals surface area contributed by atoms with Gasteiger partial charge in [0.15, 0.2) is 11.5 Å². The number of halogens is 4. The minimum Gasteiger partial charge on any atom is -0.542 e. The maximum absolute atomic E-state index is 10.5. The van der Waals surface area contributed by atoms with Gasteiger partial charge in [0.1, 0.15) is 32.1 Å². The minimum atomic E-state index is -5.19. The number of carbonyl (C=O) groups is 1. The van der Waals surface area contributed by atoms with Crippen molar-refractivity contribution >= 4 is 21.9 Å². The number of rotatable bonds is 10. The molecule has 0 N–H and O–H groups in total. The number of carboxylic acids is 1. The third kappa shape index (κ3) is 8.01. The smallest absolute Gasteiger partial charge is 0.430 e. The molecule has 0 spiro atoms. The molecule has 222 valence electrons. The Morgan fingerprint density at radius 3 is 2.28 bits per heavy atom. The number of nitrogens with zero attached hydrogens (tertiary/aromatic N) is 1. The first-order valence-electron chi connectivity index (χ1n) is 13.5. The summed E-state index contributed by atoms with van der Waals surface area (Å²) in [4.78, 5) is 8.78. The molecule has 2 bridgehead atoms. The van der Waals surface area contributed by atoms with Crippen molar-refractivity contribution in [3.05, 3.63) is 22.2 Å². The number of carboxylic acid groups (broad SMARTS) is 1. The fraction of sp³-hybridized carbons (Fsp3) is 0.750. The largest absolute Gasteiger partial charge is 0.542 e. The maximum Gasteiger partial charge on any atom is 0.430 e. The molecule has 0 radical (unpaired) electrons. The summed E-state index contributed by atoms with van der Waals surface area (Å²) in [5, 5.41) is 8.78. The van der Waals surface area contributed by atoms with Crippen molar-refractivity contribution in [2.75, 3.05) is 60.3 Å². The summed E-state index contributed by atoms with van der Waals surface area (Å²) in [5.74, 6) is 1.29. The van der Waals surface area contributed by atoms with E-state index >= 15 is 0 Å². The normalized spacial score (nSPS) is 25.1. The fourth-order valence-electron chi connectivity index (χ4n) is 6.47. The lowest BCUT2D eigenvalue weighted by Crippen LogP contribution is -2.56. The van der Waals surface area contributed by atoms with Crippen molar-refractivity contribution in [3.63, 3.8) is 0 Å². The van der Waals surface area contributed by atoms with Crippen LogP contribution >= 0.6 is 15.9 Å². The molecule has 5 rings (SSSR count). The summed E-state index contributed by atoms with van der Waals surface area (Å²) in [7, 11) is 3.37. The number of hydrogen-bond donors (Lipinski definition) is 0. The average Bonchev–Trinajstić information content (AvgIpc) is 2.89. The highest BCUT2D eigenvalue weighted by Crippen LogP contribution is 2.61. The number of quaternary nitrogens is 1. The van der Waals surface area contributed by atoms with Gasteiger partial charge >= 0.3 is 6.18 Å². The van der Waals surface area contributed by atoms with Crippen LogP contribution in [0.15, 0.2) is 16.6 Å². The molecular formula is C28H41BrF3NO6. The van der Waals surface area contributed by atoms with E-state index in [1.165, 1.54) is 31.2 Å². The van der Waals surface area contributed by atoms with Gasteiger partial charge in [-0.05, 0) is 61.0 Å². The molecule has 1 aromatic rings. The van der Waals surface area contributed by atoms with Gasteiger partial charge in [-0.3, -0.25) is 0 Å². The van der Waals surface area contributed by atoms with E-state index in [1.807, 2.05) is 6.07 Å². The lowest BCUT2D eigenvalue weighted by atomic mass is 9.45. The second kappa shape index (κ2) is 13.4. The molecule has 0 unspecified atom stereocenters. The highest BCUT2D eigenvalue weighted by atomic mass is 79.9. The molecule has 4 aliphatic rings. The predicted molar refractivity (Wildman–Crippen MR) is 141 cm³/mol. The molecular weight excluding hydrogens is 583 g/mol. The van der Waals surface area contributed by atoms with E-state index in [4.69, 9.17) is 28.8 Å². The van der Waals surface area contributed by atoms with Gasteiger partial charge in [-0.2, -0.15) is 13.2 Å². The summed E-state index contributed by atoms with van der Waals surface area (Å²) in [6.45, 7) is 12.3. The minimum absolute atomic E-state index is 0.568. The molecule has 1 heterocycles. The van der Waals surface area contributed by atoms with E-state index in [0.29, 0.717) is 5.41 Å². The van der Waals surface area contributed by atoms with Gasteiger partial charge in [-0.1, -0.05) is 29.8 Å². The standard InChI is InChI=1S/C26H41BrNO4.C2HF3O2/c1-26(2)21-6-5-19(22(26)16-21)7-11-31-12-8-28(9-13-32-14-10-28)18-20-15-24(29-3)25(30-4)17-23(20)27;3-2(4,5)1(6)7/h15,17,19,21-22H,5-14,16,18H2,1-4H3;(H,6,7)/q+1;/p-1/t19-,21+,22+;/m0./s1. The van der Waals surface area contributed by atoms with Gasteiger partial charge in [0.2, 0.25) is 0 Å². The number of aliphatic carboxylic acids is 1. The number of benzene rings is 1. The number of fused-ring (bicyclic) bond motifs is 2. The second-order valence-electron chi connectivity index (χ2n) is 11.5. The van der Waals surface area contributed by atoms with E-state index in [2.05, 4.69) is 35.8 Å². The first-order valence-corrected chi connectivity index (χ1v) is 14.3. The van der Waals surface area contributed by atoms with Gasteiger partial charge < -0.3 is 33.3 Å². The van der Waals surface area contributed by atoms with E-state index in [1.54, 1.807) is 14.2 Å². The molecule has 0 amide bonds. The SMILES string of the molecule is COc1cc(Br)c(C[N+]2(CCOCC[C@@H]3CC[C@@H]4C[C@H]3C4(C)C)CCOCC2)cc1OC.O=C([O-])C(F)(F)F. The van der Waals surface area contributed by atoms with Crippen LogP contribution in [0, 0.1) is 23.2 Å². The topological polar surface area (TPSA) is 77.0 Å². The zero-order chi connectivity index (χ0) is 28.8. The summed E-state index contributed by atoms with van der Waals surface area (Å²) in [5.41, 5.74) is 1.81. The Morgan fingerprint density at radius 2 is 1.74 bits per heavy atom. The van der Waals surface area contributed by atoms with Crippen LogP contribution < -0.4 is 14.6 Å². The van der Waals surface area contributed by atoms with E-state index in [0.717, 1.165) is 90.8 Å². The van der Waals surface area contributed by atoms with Crippen LogP contribution in [0.3, 0.4) is 0 Å². The number of methoxy groups -OCH3 is 2. The van der Waals surface area contributed by atoms with Crippen molar-refractivity contribution in [1.29, 1.82) is 0 Å². The number of alkyl halides is 3. The zero-order valence-corrected chi connectivity index (χ0v) is 24.9. The Hall–Kier alpha value is -1.56. The number of hydrogen-bond acceptors (Lipinski definition) is 6. The van der Waals surface area contributed by atoms with Crippen LogP contribution in [0.1, 0.15) is 45.1 Å². The Bertz CT molecular complexity index is 965. The molecule has 3 saturated carbocycles. The number of carbonyl (C=O) groups excluding carboxylic acids is 1. The summed E-state index contributed by atoms with van der Waals surface area (Å²) >= 11 is 3.75. The molecule has 11 heteroatoms. The third-order valence-corrected chi connectivity index (χ3v) is 9.79. The molecule has 3 aliphatic carbocycles. The molecule has 4 fully saturated rings. The maximum atomic E-state index is 10.5. The molecule has 3 atom stereocenters. The molecule has 0 aromatic heterocycles. The van der Waals surface area contributed by atoms with Crippen LogP contribution in [0.5, 0.6) is 11.5 Å². The van der Waals surface area contributed by atoms with Gasteiger partial charge in [0, 0.05) is 16.6 Å². The van der Waals surface area contributed by atoms with Crippen molar-refractivity contribution in [2.45, 2.75) is 52.3 Å². The van der Waals surface area contributed by atoms with Gasteiger partial charge in [-0.15, -0.1) is 0 Å². The van der Waals surface area contributed by atoms with E-state index < -0.39 is 12.1 Å². The Balaban J connectivity index is 0.000000532. The Kier molecular flexibility index (Phi) is 11.0.